The third-order valence-corrected chi connectivity index (χ3v) is 2.95. The van der Waals surface area contributed by atoms with Crippen LogP contribution in [-0.4, -0.2) is 19.0 Å². The zero-order valence-electron chi connectivity index (χ0n) is 10.5. The van der Waals surface area contributed by atoms with Gasteiger partial charge in [-0.2, -0.15) is 0 Å². The average Bonchev–Trinajstić information content (AvgIpc) is 2.36. The molecule has 17 heavy (non-hydrogen) atoms. The zero-order chi connectivity index (χ0) is 12.7. The van der Waals surface area contributed by atoms with Crippen LogP contribution >= 0.6 is 0 Å². The number of piperidine rings is 1. The highest BCUT2D eigenvalue weighted by atomic mass is 19.3. The lowest BCUT2D eigenvalue weighted by molar-refractivity contribution is -0.0727. The molecule has 1 fully saturated rings. The number of nitrogens with one attached hydrogen (secondary N) is 1. The van der Waals surface area contributed by atoms with Gasteiger partial charge in [-0.05, 0) is 24.9 Å². The summed E-state index contributed by atoms with van der Waals surface area (Å²) >= 11 is 0. The lowest BCUT2D eigenvalue weighted by atomic mass is 9.88. The summed E-state index contributed by atoms with van der Waals surface area (Å²) in [6, 6.07) is 9.53. The Hall–Kier alpha value is -0.960. The molecular formula is C14H21F2N. The molecule has 1 nitrogen and oxygen atoms in total. The van der Waals surface area contributed by atoms with Gasteiger partial charge in [0, 0.05) is 5.92 Å². The van der Waals surface area contributed by atoms with Crippen LogP contribution in [0.15, 0.2) is 30.3 Å². The largest absolute Gasteiger partial charge is 0.311 e. The number of alkyl halides is 2. The molecule has 1 aliphatic heterocycles. The molecule has 1 atom stereocenters. The summed E-state index contributed by atoms with van der Waals surface area (Å²) < 4.78 is 27.0. The van der Waals surface area contributed by atoms with E-state index in [1.165, 1.54) is 0 Å². The van der Waals surface area contributed by atoms with E-state index in [-0.39, 0.29) is 6.54 Å². The predicted molar refractivity (Wildman–Crippen MR) is 67.4 cm³/mol. The third kappa shape index (κ3) is 4.08. The molecule has 1 N–H and O–H groups in total. The van der Waals surface area contributed by atoms with Crippen molar-refractivity contribution in [2.24, 2.45) is 5.92 Å². The topological polar surface area (TPSA) is 12.0 Å². The molecule has 1 aromatic rings. The van der Waals surface area contributed by atoms with Crippen molar-refractivity contribution in [1.82, 2.24) is 5.32 Å². The predicted octanol–water partition coefficient (Wildman–Crippen LogP) is 3.50. The van der Waals surface area contributed by atoms with Crippen LogP contribution in [0.25, 0.3) is 0 Å². The standard InChI is InChI=1S/C12H15F2N.C2H6/c13-12(14)9-15-7-6-11(12)8-10-4-2-1-3-5-10;1-2/h1-5,11,15H,6-9H2;1-2H3. The fraction of sp³-hybridized carbons (Fsp3) is 0.571. The van der Waals surface area contributed by atoms with E-state index in [1.807, 2.05) is 44.2 Å². The van der Waals surface area contributed by atoms with E-state index in [0.29, 0.717) is 19.4 Å². The van der Waals surface area contributed by atoms with Gasteiger partial charge >= 0.3 is 0 Å². The van der Waals surface area contributed by atoms with Crippen molar-refractivity contribution in [3.05, 3.63) is 35.9 Å². The van der Waals surface area contributed by atoms with E-state index in [4.69, 9.17) is 0 Å². The molecule has 0 saturated carbocycles. The summed E-state index contributed by atoms with van der Waals surface area (Å²) in [6.07, 6.45) is 1.04. The van der Waals surface area contributed by atoms with Gasteiger partial charge in [0.15, 0.2) is 0 Å². The molecule has 1 saturated heterocycles. The van der Waals surface area contributed by atoms with Crippen molar-refractivity contribution in [3.63, 3.8) is 0 Å². The van der Waals surface area contributed by atoms with Gasteiger partial charge in [0.25, 0.3) is 5.92 Å². The maximum absolute atomic E-state index is 13.5. The quantitative estimate of drug-likeness (QED) is 0.835. The minimum atomic E-state index is -2.56. The first-order valence-corrected chi connectivity index (χ1v) is 6.31. The van der Waals surface area contributed by atoms with Crippen LogP contribution in [0.2, 0.25) is 0 Å². The Balaban J connectivity index is 0.000000686. The van der Waals surface area contributed by atoms with Crippen molar-refractivity contribution in [1.29, 1.82) is 0 Å². The smallest absolute Gasteiger partial charge is 0.263 e. The summed E-state index contributed by atoms with van der Waals surface area (Å²) in [6.45, 7) is 4.53. The lowest BCUT2D eigenvalue weighted by Crippen LogP contribution is -2.46. The number of benzene rings is 1. The van der Waals surface area contributed by atoms with Crippen molar-refractivity contribution in [2.75, 3.05) is 13.1 Å². The molecular weight excluding hydrogens is 220 g/mol. The Kier molecular flexibility index (Phi) is 5.56. The summed E-state index contributed by atoms with van der Waals surface area (Å²) in [7, 11) is 0. The molecule has 0 aromatic heterocycles. The van der Waals surface area contributed by atoms with Gasteiger partial charge in [0.05, 0.1) is 6.54 Å². The van der Waals surface area contributed by atoms with Crippen LogP contribution in [0, 0.1) is 5.92 Å². The molecule has 1 heterocycles. The highest BCUT2D eigenvalue weighted by Crippen LogP contribution is 2.31. The monoisotopic (exact) mass is 241 g/mol. The molecule has 1 aliphatic rings. The molecule has 0 spiro atoms. The van der Waals surface area contributed by atoms with Gasteiger partial charge in [0.2, 0.25) is 0 Å². The van der Waals surface area contributed by atoms with Crippen LogP contribution in [0.3, 0.4) is 0 Å². The number of hydrogen-bond donors (Lipinski definition) is 1. The van der Waals surface area contributed by atoms with Gasteiger partial charge in [-0.25, -0.2) is 8.78 Å². The van der Waals surface area contributed by atoms with E-state index >= 15 is 0 Å². The molecule has 1 aromatic carbocycles. The molecule has 0 aliphatic carbocycles. The van der Waals surface area contributed by atoms with E-state index in [2.05, 4.69) is 5.32 Å². The van der Waals surface area contributed by atoms with Gasteiger partial charge in [-0.1, -0.05) is 44.2 Å². The molecule has 3 heteroatoms. The van der Waals surface area contributed by atoms with Crippen LogP contribution in [0.1, 0.15) is 25.8 Å². The lowest BCUT2D eigenvalue weighted by Gasteiger charge is -2.31. The Bertz CT molecular complexity index is 311. The average molecular weight is 241 g/mol. The highest BCUT2D eigenvalue weighted by molar-refractivity contribution is 5.16. The Morgan fingerprint density at radius 2 is 1.88 bits per heavy atom. The van der Waals surface area contributed by atoms with Crippen LogP contribution < -0.4 is 5.32 Å². The first-order chi connectivity index (χ1) is 8.18. The fourth-order valence-electron chi connectivity index (χ4n) is 2.04. The summed E-state index contributed by atoms with van der Waals surface area (Å²) in [5.41, 5.74) is 1.00. The number of rotatable bonds is 2. The van der Waals surface area contributed by atoms with E-state index < -0.39 is 11.8 Å². The Morgan fingerprint density at radius 3 is 2.47 bits per heavy atom. The van der Waals surface area contributed by atoms with Crippen LogP contribution in [0.4, 0.5) is 8.78 Å². The molecule has 96 valence electrons. The van der Waals surface area contributed by atoms with Gasteiger partial charge in [-0.15, -0.1) is 0 Å². The normalized spacial score (nSPS) is 22.5. The second-order valence-electron chi connectivity index (χ2n) is 4.11. The first kappa shape index (κ1) is 14.1. The minimum absolute atomic E-state index is 0.176. The van der Waals surface area contributed by atoms with Crippen LogP contribution in [-0.2, 0) is 6.42 Å². The second-order valence-corrected chi connectivity index (χ2v) is 4.11. The maximum atomic E-state index is 13.5. The van der Waals surface area contributed by atoms with Gasteiger partial charge in [0.1, 0.15) is 0 Å². The minimum Gasteiger partial charge on any atom is -0.311 e. The van der Waals surface area contributed by atoms with Crippen molar-refractivity contribution < 1.29 is 8.78 Å². The SMILES string of the molecule is CC.FC1(F)CNCCC1Cc1ccccc1. The van der Waals surface area contributed by atoms with E-state index in [0.717, 1.165) is 5.56 Å². The Morgan fingerprint density at radius 1 is 1.24 bits per heavy atom. The maximum Gasteiger partial charge on any atom is 0.263 e. The summed E-state index contributed by atoms with van der Waals surface area (Å²) in [4.78, 5) is 0. The van der Waals surface area contributed by atoms with Crippen molar-refractivity contribution >= 4 is 0 Å². The number of hydrogen-bond acceptors (Lipinski definition) is 1. The van der Waals surface area contributed by atoms with Crippen molar-refractivity contribution in [2.45, 2.75) is 32.6 Å². The number of halogens is 2. The van der Waals surface area contributed by atoms with Gasteiger partial charge in [-0.3, -0.25) is 0 Å². The van der Waals surface area contributed by atoms with E-state index in [9.17, 15) is 8.78 Å². The second kappa shape index (κ2) is 6.70. The molecule has 2 rings (SSSR count). The summed E-state index contributed by atoms with van der Waals surface area (Å²) in [5, 5.41) is 2.74. The summed E-state index contributed by atoms with van der Waals surface area (Å²) in [5.74, 6) is -3.07. The first-order valence-electron chi connectivity index (χ1n) is 6.31. The zero-order valence-corrected chi connectivity index (χ0v) is 10.5. The molecule has 0 radical (unpaired) electrons. The van der Waals surface area contributed by atoms with E-state index in [1.54, 1.807) is 0 Å². The molecule has 0 bridgehead atoms. The third-order valence-electron chi connectivity index (χ3n) is 2.95. The highest BCUT2D eigenvalue weighted by Gasteiger charge is 2.41. The molecule has 0 amide bonds. The fourth-order valence-corrected chi connectivity index (χ4v) is 2.04. The Labute approximate surface area is 102 Å². The van der Waals surface area contributed by atoms with Gasteiger partial charge < -0.3 is 5.32 Å². The molecule has 1 unspecified atom stereocenters. The van der Waals surface area contributed by atoms with Crippen molar-refractivity contribution in [3.8, 4) is 0 Å². The van der Waals surface area contributed by atoms with Crippen LogP contribution in [0.5, 0.6) is 0 Å².